The molecule has 1 aromatic rings. The Labute approximate surface area is 129 Å². The second-order valence-electron chi connectivity index (χ2n) is 8.25. The highest BCUT2D eigenvalue weighted by Gasteiger charge is 2.66. The zero-order valence-corrected chi connectivity index (χ0v) is 14.3. The minimum atomic E-state index is 0.425. The van der Waals surface area contributed by atoms with E-state index in [1.807, 2.05) is 0 Å². The van der Waals surface area contributed by atoms with Crippen LogP contribution in [-0.2, 0) is 6.42 Å². The van der Waals surface area contributed by atoms with Crippen molar-refractivity contribution in [3.8, 4) is 0 Å². The van der Waals surface area contributed by atoms with Gasteiger partial charge in [-0.1, -0.05) is 40.5 Å². The number of rotatable bonds is 5. The highest BCUT2D eigenvalue weighted by Crippen LogP contribution is 2.69. The maximum atomic E-state index is 4.86. The monoisotopic (exact) mass is 289 g/mol. The first-order chi connectivity index (χ1) is 9.88. The van der Waals surface area contributed by atoms with Gasteiger partial charge in [-0.2, -0.15) is 5.10 Å². The van der Waals surface area contributed by atoms with Crippen LogP contribution in [0.2, 0.25) is 0 Å². The van der Waals surface area contributed by atoms with Gasteiger partial charge < -0.3 is 5.32 Å². The lowest BCUT2D eigenvalue weighted by molar-refractivity contribution is 0.410. The molecule has 3 heteroatoms. The largest absolute Gasteiger partial charge is 0.316 e. The highest BCUT2D eigenvalue weighted by atomic mass is 15.3. The molecule has 2 aliphatic rings. The van der Waals surface area contributed by atoms with Crippen molar-refractivity contribution in [1.29, 1.82) is 0 Å². The predicted molar refractivity (Wildman–Crippen MR) is 87.3 cm³/mol. The van der Waals surface area contributed by atoms with Gasteiger partial charge in [0.25, 0.3) is 0 Å². The fraction of sp³-hybridized carbons (Fsp3) is 0.833. The highest BCUT2D eigenvalue weighted by molar-refractivity contribution is 5.18. The van der Waals surface area contributed by atoms with Gasteiger partial charge in [-0.15, -0.1) is 0 Å². The Bertz CT molecular complexity index is 480. The lowest BCUT2D eigenvalue weighted by atomic mass is 10.00. The summed E-state index contributed by atoms with van der Waals surface area (Å²) in [5, 5.41) is 8.42. The van der Waals surface area contributed by atoms with Crippen molar-refractivity contribution in [2.45, 2.75) is 71.9 Å². The third-order valence-electron chi connectivity index (χ3n) is 6.70. The molecule has 1 atom stereocenters. The number of nitrogens with zero attached hydrogens (tertiary/aromatic N) is 2. The van der Waals surface area contributed by atoms with Gasteiger partial charge in [0.05, 0.1) is 11.7 Å². The van der Waals surface area contributed by atoms with Gasteiger partial charge in [-0.3, -0.25) is 4.68 Å². The molecule has 0 bridgehead atoms. The van der Waals surface area contributed by atoms with Gasteiger partial charge >= 0.3 is 0 Å². The van der Waals surface area contributed by atoms with Crippen molar-refractivity contribution in [2.24, 2.45) is 16.7 Å². The number of aromatic nitrogens is 2. The molecule has 1 aromatic heterocycles. The van der Waals surface area contributed by atoms with Gasteiger partial charge in [0.15, 0.2) is 0 Å². The second-order valence-corrected chi connectivity index (χ2v) is 8.25. The van der Waals surface area contributed by atoms with Crippen LogP contribution in [0.4, 0.5) is 0 Å². The topological polar surface area (TPSA) is 29.9 Å². The van der Waals surface area contributed by atoms with E-state index in [-0.39, 0.29) is 0 Å². The minimum absolute atomic E-state index is 0.425. The molecule has 3 nitrogen and oxygen atoms in total. The Morgan fingerprint density at radius 2 is 1.86 bits per heavy atom. The van der Waals surface area contributed by atoms with E-state index < -0.39 is 0 Å². The molecule has 2 fully saturated rings. The average molecular weight is 289 g/mol. The van der Waals surface area contributed by atoms with Crippen LogP contribution < -0.4 is 5.32 Å². The maximum Gasteiger partial charge on any atom is 0.0640 e. The molecule has 0 spiro atoms. The molecule has 0 aromatic carbocycles. The van der Waals surface area contributed by atoms with Crippen LogP contribution in [-0.4, -0.2) is 22.9 Å². The first kappa shape index (κ1) is 15.1. The Morgan fingerprint density at radius 3 is 2.38 bits per heavy atom. The van der Waals surface area contributed by atoms with Crippen molar-refractivity contribution in [1.82, 2.24) is 15.1 Å². The van der Waals surface area contributed by atoms with Crippen LogP contribution in [0.25, 0.3) is 0 Å². The molecule has 0 radical (unpaired) electrons. The smallest absolute Gasteiger partial charge is 0.0640 e. The van der Waals surface area contributed by atoms with Crippen molar-refractivity contribution in [3.05, 3.63) is 18.0 Å². The van der Waals surface area contributed by atoms with Gasteiger partial charge in [-0.25, -0.2) is 0 Å². The third-order valence-corrected chi connectivity index (χ3v) is 6.70. The van der Waals surface area contributed by atoms with Crippen LogP contribution in [0.15, 0.2) is 12.3 Å². The van der Waals surface area contributed by atoms with E-state index in [2.05, 4.69) is 57.0 Å². The molecule has 2 saturated carbocycles. The lowest BCUT2D eigenvalue weighted by Gasteiger charge is -2.17. The van der Waals surface area contributed by atoms with E-state index in [1.54, 1.807) is 0 Å². The molecule has 21 heavy (non-hydrogen) atoms. The van der Waals surface area contributed by atoms with Crippen molar-refractivity contribution in [3.63, 3.8) is 0 Å². The SMILES string of the molecule is CNC(Cc1ccn(C2CCCC2)n1)C1C(C)(C)C1(C)C. The first-order valence-corrected chi connectivity index (χ1v) is 8.59. The van der Waals surface area contributed by atoms with Gasteiger partial charge in [0, 0.05) is 18.7 Å². The van der Waals surface area contributed by atoms with Crippen molar-refractivity contribution in [2.75, 3.05) is 7.05 Å². The molecule has 0 amide bonds. The second kappa shape index (κ2) is 5.12. The van der Waals surface area contributed by atoms with E-state index in [9.17, 15) is 0 Å². The third kappa shape index (κ3) is 2.44. The number of hydrogen-bond acceptors (Lipinski definition) is 2. The molecule has 1 N–H and O–H groups in total. The van der Waals surface area contributed by atoms with E-state index in [1.165, 1.54) is 31.4 Å². The van der Waals surface area contributed by atoms with E-state index >= 15 is 0 Å². The van der Waals surface area contributed by atoms with Crippen LogP contribution in [0.1, 0.15) is 65.1 Å². The maximum absolute atomic E-state index is 4.86. The normalized spacial score (nSPS) is 26.1. The number of likely N-dealkylation sites (N-methyl/N-ethyl adjacent to an activating group) is 1. The Hall–Kier alpha value is -0.830. The summed E-state index contributed by atoms with van der Waals surface area (Å²) in [6.45, 7) is 9.61. The van der Waals surface area contributed by atoms with Crippen molar-refractivity contribution >= 4 is 0 Å². The van der Waals surface area contributed by atoms with Crippen LogP contribution in [0, 0.1) is 16.7 Å². The summed E-state index contributed by atoms with van der Waals surface area (Å²) in [6.07, 6.45) is 8.58. The molecule has 2 aliphatic carbocycles. The summed E-state index contributed by atoms with van der Waals surface area (Å²) in [6, 6.07) is 3.41. The van der Waals surface area contributed by atoms with Crippen molar-refractivity contribution < 1.29 is 0 Å². The molecule has 0 aliphatic heterocycles. The fourth-order valence-electron chi connectivity index (χ4n) is 4.72. The van der Waals surface area contributed by atoms with Gasteiger partial charge in [0.2, 0.25) is 0 Å². The minimum Gasteiger partial charge on any atom is -0.316 e. The van der Waals surface area contributed by atoms with Crippen LogP contribution in [0.5, 0.6) is 0 Å². The summed E-state index contributed by atoms with van der Waals surface area (Å²) in [7, 11) is 2.10. The van der Waals surface area contributed by atoms with Crippen LogP contribution in [0.3, 0.4) is 0 Å². The van der Waals surface area contributed by atoms with E-state index in [0.29, 0.717) is 22.9 Å². The molecule has 1 unspecified atom stereocenters. The van der Waals surface area contributed by atoms with Crippen LogP contribution >= 0.6 is 0 Å². The summed E-state index contributed by atoms with van der Waals surface area (Å²) < 4.78 is 2.22. The first-order valence-electron chi connectivity index (χ1n) is 8.59. The molecular weight excluding hydrogens is 258 g/mol. The molecular formula is C18H31N3. The Morgan fingerprint density at radius 1 is 1.24 bits per heavy atom. The van der Waals surface area contributed by atoms with Gasteiger partial charge in [-0.05, 0) is 42.7 Å². The summed E-state index contributed by atoms with van der Waals surface area (Å²) >= 11 is 0. The zero-order valence-electron chi connectivity index (χ0n) is 14.3. The molecule has 0 saturated heterocycles. The Balaban J connectivity index is 1.68. The summed E-state index contributed by atoms with van der Waals surface area (Å²) in [5.41, 5.74) is 2.10. The zero-order chi connectivity index (χ0) is 15.3. The summed E-state index contributed by atoms with van der Waals surface area (Å²) in [4.78, 5) is 0. The molecule has 3 rings (SSSR count). The fourth-order valence-corrected chi connectivity index (χ4v) is 4.72. The standard InChI is InChI=1S/C18H31N3/c1-17(2)16(18(17,3)4)15(19-5)12-13-10-11-21(20-13)14-8-6-7-9-14/h10-11,14-16,19H,6-9,12H2,1-5H3. The molecule has 1 heterocycles. The number of hydrogen-bond donors (Lipinski definition) is 1. The number of nitrogens with one attached hydrogen (secondary N) is 1. The van der Waals surface area contributed by atoms with E-state index in [0.717, 1.165) is 12.3 Å². The average Bonchev–Trinajstić information content (AvgIpc) is 2.95. The van der Waals surface area contributed by atoms with E-state index in [4.69, 9.17) is 5.10 Å². The quantitative estimate of drug-likeness (QED) is 0.893. The molecule has 118 valence electrons. The summed E-state index contributed by atoms with van der Waals surface area (Å²) in [5.74, 6) is 0.728. The predicted octanol–water partition coefficient (Wildman–Crippen LogP) is 3.81. The lowest BCUT2D eigenvalue weighted by Crippen LogP contribution is -2.32. The van der Waals surface area contributed by atoms with Gasteiger partial charge in [0.1, 0.15) is 0 Å². The Kier molecular flexibility index (Phi) is 3.67.